The molecule has 1 aromatic rings. The third kappa shape index (κ3) is 7.01. The molecule has 27 heavy (non-hydrogen) atoms. The number of hydrazine groups is 1. The van der Waals surface area contributed by atoms with Gasteiger partial charge in [-0.15, -0.1) is 0 Å². The minimum atomic E-state index is -0.906. The second kappa shape index (κ2) is 9.61. The van der Waals surface area contributed by atoms with Crippen molar-refractivity contribution in [2.75, 3.05) is 13.7 Å². The summed E-state index contributed by atoms with van der Waals surface area (Å²) >= 11 is 0. The van der Waals surface area contributed by atoms with Crippen LogP contribution in [0.4, 0.5) is 0 Å². The average molecular weight is 375 g/mol. The standard InChI is InChI=1S/C19H25N3O5/c1-12(2)11-27-15-8-4-13(10-16(15)26-3)5-9-17(23)21-22-19(25)18(24)20-14-6-7-14/h4-5,8-10,12,14H,6-7,11H2,1-3H3,(H,20,24)(H,21,23)(H,22,25)/b9-5+. The van der Waals surface area contributed by atoms with Crippen molar-refractivity contribution in [3.63, 3.8) is 0 Å². The van der Waals surface area contributed by atoms with E-state index in [9.17, 15) is 14.4 Å². The van der Waals surface area contributed by atoms with Crippen molar-refractivity contribution in [2.24, 2.45) is 5.92 Å². The fourth-order valence-corrected chi connectivity index (χ4v) is 2.03. The van der Waals surface area contributed by atoms with Crippen LogP contribution < -0.4 is 25.6 Å². The lowest BCUT2D eigenvalue weighted by molar-refractivity contribution is -0.140. The minimum absolute atomic E-state index is 0.0707. The van der Waals surface area contributed by atoms with Crippen molar-refractivity contribution in [1.82, 2.24) is 16.2 Å². The van der Waals surface area contributed by atoms with Crippen LogP contribution in [0.2, 0.25) is 0 Å². The summed E-state index contributed by atoms with van der Waals surface area (Å²) in [7, 11) is 1.54. The highest BCUT2D eigenvalue weighted by molar-refractivity contribution is 6.35. The van der Waals surface area contributed by atoms with Crippen LogP contribution in [-0.2, 0) is 14.4 Å². The number of benzene rings is 1. The number of amides is 3. The van der Waals surface area contributed by atoms with Crippen molar-refractivity contribution in [2.45, 2.75) is 32.7 Å². The second-order valence-corrected chi connectivity index (χ2v) is 6.64. The number of hydrogen-bond donors (Lipinski definition) is 3. The molecule has 146 valence electrons. The van der Waals surface area contributed by atoms with Crippen LogP contribution in [0.15, 0.2) is 24.3 Å². The molecule has 1 fully saturated rings. The van der Waals surface area contributed by atoms with Gasteiger partial charge in [0.25, 0.3) is 5.91 Å². The summed E-state index contributed by atoms with van der Waals surface area (Å²) in [6.07, 6.45) is 4.54. The Morgan fingerprint density at radius 2 is 1.89 bits per heavy atom. The molecule has 0 bridgehead atoms. The molecule has 1 aliphatic rings. The lowest BCUT2D eigenvalue weighted by Gasteiger charge is -2.12. The van der Waals surface area contributed by atoms with E-state index >= 15 is 0 Å². The quantitative estimate of drug-likeness (QED) is 0.377. The van der Waals surface area contributed by atoms with Gasteiger partial charge in [0.2, 0.25) is 0 Å². The largest absolute Gasteiger partial charge is 0.493 e. The summed E-state index contributed by atoms with van der Waals surface area (Å²) in [4.78, 5) is 34.8. The van der Waals surface area contributed by atoms with E-state index in [2.05, 4.69) is 30.0 Å². The van der Waals surface area contributed by atoms with Gasteiger partial charge in [-0.3, -0.25) is 25.2 Å². The van der Waals surface area contributed by atoms with Gasteiger partial charge in [-0.05, 0) is 42.5 Å². The highest BCUT2D eigenvalue weighted by Crippen LogP contribution is 2.28. The van der Waals surface area contributed by atoms with Crippen LogP contribution in [0.1, 0.15) is 32.3 Å². The van der Waals surface area contributed by atoms with Crippen LogP contribution in [0.3, 0.4) is 0 Å². The van der Waals surface area contributed by atoms with E-state index in [1.54, 1.807) is 31.4 Å². The summed E-state index contributed by atoms with van der Waals surface area (Å²) in [5, 5.41) is 2.52. The van der Waals surface area contributed by atoms with Crippen LogP contribution in [0, 0.1) is 5.92 Å². The summed E-state index contributed by atoms with van der Waals surface area (Å²) in [6.45, 7) is 4.68. The summed E-state index contributed by atoms with van der Waals surface area (Å²) in [5.41, 5.74) is 4.94. The number of carbonyl (C=O) groups is 3. The first-order chi connectivity index (χ1) is 12.9. The van der Waals surface area contributed by atoms with E-state index in [0.29, 0.717) is 24.0 Å². The third-order valence-corrected chi connectivity index (χ3v) is 3.61. The number of methoxy groups -OCH3 is 1. The van der Waals surface area contributed by atoms with Crippen molar-refractivity contribution < 1.29 is 23.9 Å². The first-order valence-electron chi connectivity index (χ1n) is 8.78. The van der Waals surface area contributed by atoms with Gasteiger partial charge < -0.3 is 14.8 Å². The Morgan fingerprint density at radius 1 is 1.15 bits per heavy atom. The molecule has 0 atom stereocenters. The van der Waals surface area contributed by atoms with Crippen molar-refractivity contribution in [1.29, 1.82) is 0 Å². The molecular weight excluding hydrogens is 350 g/mol. The van der Waals surface area contributed by atoms with Gasteiger partial charge in [0.1, 0.15) is 0 Å². The molecule has 0 radical (unpaired) electrons. The Labute approximate surface area is 158 Å². The molecule has 2 rings (SSSR count). The number of carbonyl (C=O) groups excluding carboxylic acids is 3. The van der Waals surface area contributed by atoms with Gasteiger partial charge in [-0.1, -0.05) is 19.9 Å². The molecule has 3 N–H and O–H groups in total. The predicted molar refractivity (Wildman–Crippen MR) is 99.8 cm³/mol. The lowest BCUT2D eigenvalue weighted by atomic mass is 10.2. The zero-order valence-electron chi connectivity index (χ0n) is 15.7. The van der Waals surface area contributed by atoms with Gasteiger partial charge in [0, 0.05) is 12.1 Å². The Bertz CT molecular complexity index is 726. The molecule has 1 aliphatic carbocycles. The highest BCUT2D eigenvalue weighted by atomic mass is 16.5. The van der Waals surface area contributed by atoms with Crippen LogP contribution >= 0.6 is 0 Å². The minimum Gasteiger partial charge on any atom is -0.493 e. The van der Waals surface area contributed by atoms with E-state index in [0.717, 1.165) is 18.4 Å². The molecule has 3 amide bonds. The topological polar surface area (TPSA) is 106 Å². The third-order valence-electron chi connectivity index (χ3n) is 3.61. The molecule has 0 aromatic heterocycles. The molecule has 1 saturated carbocycles. The average Bonchev–Trinajstić information content (AvgIpc) is 3.46. The molecule has 8 heteroatoms. The van der Waals surface area contributed by atoms with Crippen molar-refractivity contribution in [3.8, 4) is 11.5 Å². The molecule has 8 nitrogen and oxygen atoms in total. The SMILES string of the molecule is COc1cc(/C=C/C(=O)NNC(=O)C(=O)NC2CC2)ccc1OCC(C)C. The Morgan fingerprint density at radius 3 is 2.52 bits per heavy atom. The van der Waals surface area contributed by atoms with Gasteiger partial charge in [0.15, 0.2) is 11.5 Å². The molecular formula is C19H25N3O5. The molecule has 1 aromatic carbocycles. The Balaban J connectivity index is 1.85. The Kier molecular flexibility index (Phi) is 7.22. The maximum Gasteiger partial charge on any atom is 0.327 e. The van der Waals surface area contributed by atoms with Crippen LogP contribution in [0.25, 0.3) is 6.08 Å². The fraction of sp³-hybridized carbons (Fsp3) is 0.421. The molecule has 0 unspecified atom stereocenters. The lowest BCUT2D eigenvalue weighted by Crippen LogP contribution is -2.48. The summed E-state index contributed by atoms with van der Waals surface area (Å²) in [6, 6.07) is 5.36. The van der Waals surface area contributed by atoms with Gasteiger partial charge in [-0.2, -0.15) is 0 Å². The van der Waals surface area contributed by atoms with Gasteiger partial charge in [-0.25, -0.2) is 0 Å². The number of nitrogens with one attached hydrogen (secondary N) is 3. The van der Waals surface area contributed by atoms with E-state index in [4.69, 9.17) is 9.47 Å². The first-order valence-corrected chi connectivity index (χ1v) is 8.78. The maximum atomic E-state index is 11.8. The fourth-order valence-electron chi connectivity index (χ4n) is 2.03. The Hall–Kier alpha value is -3.03. The van der Waals surface area contributed by atoms with E-state index in [1.807, 2.05) is 0 Å². The number of rotatable bonds is 7. The predicted octanol–water partition coefficient (Wildman–Crippen LogP) is 1.17. The zero-order chi connectivity index (χ0) is 19.8. The summed E-state index contributed by atoms with van der Waals surface area (Å²) < 4.78 is 11.0. The van der Waals surface area contributed by atoms with Crippen LogP contribution in [0.5, 0.6) is 11.5 Å². The summed E-state index contributed by atoms with van der Waals surface area (Å²) in [5.74, 6) is -0.660. The van der Waals surface area contributed by atoms with E-state index in [1.165, 1.54) is 6.08 Å². The highest BCUT2D eigenvalue weighted by Gasteiger charge is 2.26. The molecule has 0 spiro atoms. The molecule has 0 heterocycles. The monoisotopic (exact) mass is 375 g/mol. The van der Waals surface area contributed by atoms with Crippen molar-refractivity contribution >= 4 is 23.8 Å². The number of hydrogen-bond acceptors (Lipinski definition) is 5. The second-order valence-electron chi connectivity index (χ2n) is 6.64. The van der Waals surface area contributed by atoms with E-state index in [-0.39, 0.29) is 6.04 Å². The smallest absolute Gasteiger partial charge is 0.327 e. The number of ether oxygens (including phenoxy) is 2. The molecule has 0 aliphatic heterocycles. The maximum absolute atomic E-state index is 11.8. The first kappa shape index (κ1) is 20.3. The van der Waals surface area contributed by atoms with E-state index < -0.39 is 17.7 Å². The zero-order valence-corrected chi connectivity index (χ0v) is 15.7. The van der Waals surface area contributed by atoms with Gasteiger partial charge in [0.05, 0.1) is 13.7 Å². The van der Waals surface area contributed by atoms with Gasteiger partial charge >= 0.3 is 11.8 Å². The normalized spacial score (nSPS) is 13.3. The molecule has 0 saturated heterocycles. The van der Waals surface area contributed by atoms with Crippen molar-refractivity contribution in [3.05, 3.63) is 29.8 Å². The van der Waals surface area contributed by atoms with Crippen LogP contribution in [-0.4, -0.2) is 37.5 Å².